The fraction of sp³-hybridized carbons (Fsp3) is 0.375. The number of benzene rings is 2. The van der Waals surface area contributed by atoms with Crippen molar-refractivity contribution in [3.63, 3.8) is 0 Å². The van der Waals surface area contributed by atoms with Crippen molar-refractivity contribution in [1.29, 1.82) is 0 Å². The van der Waals surface area contributed by atoms with Gasteiger partial charge in [0.2, 0.25) is 5.82 Å². The highest BCUT2D eigenvalue weighted by Crippen LogP contribution is 2.49. The van der Waals surface area contributed by atoms with Gasteiger partial charge in [-0.2, -0.15) is 0 Å². The van der Waals surface area contributed by atoms with E-state index >= 15 is 0 Å². The monoisotopic (exact) mass is 451 g/mol. The molecule has 1 fully saturated rings. The van der Waals surface area contributed by atoms with Crippen LogP contribution >= 0.6 is 11.6 Å². The Labute approximate surface area is 192 Å². The summed E-state index contributed by atoms with van der Waals surface area (Å²) in [6.07, 6.45) is -0.00872. The molecule has 3 heterocycles. The highest BCUT2D eigenvalue weighted by Gasteiger charge is 2.52. The molecule has 2 atom stereocenters. The van der Waals surface area contributed by atoms with E-state index in [2.05, 4.69) is 21.9 Å². The van der Waals surface area contributed by atoms with Crippen molar-refractivity contribution in [2.24, 2.45) is 0 Å². The number of halogens is 1. The number of nitrogens with zero attached hydrogens (tertiary/aromatic N) is 5. The van der Waals surface area contributed by atoms with Crippen LogP contribution < -0.4 is 0 Å². The topological polar surface area (TPSA) is 63.5 Å². The SMILES string of the molecule is CCN(CC)C(=O)c1nc2n(n1)-c1ccccc1C1(c3ccccc3Cl)OC(C)CN1C2. The Balaban J connectivity index is 1.73. The van der Waals surface area contributed by atoms with E-state index < -0.39 is 5.72 Å². The van der Waals surface area contributed by atoms with Gasteiger partial charge in [-0.1, -0.05) is 48.0 Å². The molecule has 0 bridgehead atoms. The summed E-state index contributed by atoms with van der Waals surface area (Å²) in [4.78, 5) is 21.6. The van der Waals surface area contributed by atoms with E-state index in [0.717, 1.165) is 16.8 Å². The average Bonchev–Trinajstić information content (AvgIpc) is 3.34. The fourth-order valence-corrected chi connectivity index (χ4v) is 5.13. The molecule has 7 nitrogen and oxygen atoms in total. The zero-order chi connectivity index (χ0) is 22.5. The molecular weight excluding hydrogens is 426 g/mol. The fourth-order valence-electron chi connectivity index (χ4n) is 4.86. The number of para-hydroxylation sites is 1. The molecule has 166 valence electrons. The van der Waals surface area contributed by atoms with Crippen LogP contribution in [0.3, 0.4) is 0 Å². The molecule has 0 spiro atoms. The first-order valence-corrected chi connectivity index (χ1v) is 11.4. The van der Waals surface area contributed by atoms with E-state index in [1.54, 1.807) is 9.58 Å². The second-order valence-electron chi connectivity index (χ2n) is 8.19. The Hall–Kier alpha value is -2.74. The zero-order valence-corrected chi connectivity index (χ0v) is 19.2. The molecule has 2 unspecified atom stereocenters. The van der Waals surface area contributed by atoms with E-state index in [1.807, 2.05) is 62.4 Å². The summed E-state index contributed by atoms with van der Waals surface area (Å²) in [6, 6.07) is 15.8. The smallest absolute Gasteiger partial charge is 0.293 e. The van der Waals surface area contributed by atoms with Crippen LogP contribution in [-0.2, 0) is 17.0 Å². The van der Waals surface area contributed by atoms with Crippen molar-refractivity contribution in [3.05, 3.63) is 76.3 Å². The Morgan fingerprint density at radius 3 is 2.56 bits per heavy atom. The highest BCUT2D eigenvalue weighted by molar-refractivity contribution is 6.31. The van der Waals surface area contributed by atoms with Crippen molar-refractivity contribution in [2.45, 2.75) is 39.1 Å². The lowest BCUT2D eigenvalue weighted by atomic mass is 9.92. The van der Waals surface area contributed by atoms with Crippen molar-refractivity contribution in [3.8, 4) is 5.69 Å². The molecule has 0 radical (unpaired) electrons. The van der Waals surface area contributed by atoms with Crippen LogP contribution in [0.4, 0.5) is 0 Å². The number of fused-ring (bicyclic) bond motifs is 5. The Kier molecular flexibility index (Phi) is 5.28. The number of carbonyl (C=O) groups is 1. The molecule has 2 aromatic carbocycles. The minimum atomic E-state index is -0.861. The predicted molar refractivity (Wildman–Crippen MR) is 122 cm³/mol. The number of rotatable bonds is 4. The van der Waals surface area contributed by atoms with E-state index in [4.69, 9.17) is 16.3 Å². The molecule has 0 saturated carbocycles. The molecule has 1 aromatic heterocycles. The van der Waals surface area contributed by atoms with E-state index in [0.29, 0.717) is 37.0 Å². The zero-order valence-electron chi connectivity index (χ0n) is 18.5. The molecule has 1 saturated heterocycles. The summed E-state index contributed by atoms with van der Waals surface area (Å²) in [7, 11) is 0. The third kappa shape index (κ3) is 3.07. The summed E-state index contributed by atoms with van der Waals surface area (Å²) in [5, 5.41) is 5.31. The van der Waals surface area contributed by atoms with Gasteiger partial charge in [0.1, 0.15) is 5.82 Å². The normalized spacial score (nSPS) is 22.1. The first-order valence-electron chi connectivity index (χ1n) is 11.0. The number of carbonyl (C=O) groups excluding carboxylic acids is 1. The standard InChI is InChI=1S/C24H26ClN5O2/c1-4-28(5-2)23(31)22-26-21-15-29-14-16(3)32-24(29,17-10-6-8-12-19(17)25)18-11-7-9-13-20(18)30(21)27-22/h6-13,16H,4-5,14-15H2,1-3H3. The van der Waals surface area contributed by atoms with Gasteiger partial charge in [0.25, 0.3) is 5.91 Å². The minimum absolute atomic E-state index is 0.00872. The number of ether oxygens (including phenoxy) is 1. The minimum Gasteiger partial charge on any atom is -0.347 e. The Morgan fingerprint density at radius 1 is 1.16 bits per heavy atom. The Morgan fingerprint density at radius 2 is 1.84 bits per heavy atom. The van der Waals surface area contributed by atoms with Gasteiger partial charge in [0.15, 0.2) is 5.72 Å². The van der Waals surface area contributed by atoms with Crippen LogP contribution in [0.5, 0.6) is 0 Å². The van der Waals surface area contributed by atoms with Gasteiger partial charge < -0.3 is 9.64 Å². The third-order valence-corrected chi connectivity index (χ3v) is 6.61. The molecule has 0 N–H and O–H groups in total. The number of amides is 1. The maximum atomic E-state index is 13.0. The van der Waals surface area contributed by atoms with Gasteiger partial charge in [-0.25, -0.2) is 9.67 Å². The van der Waals surface area contributed by atoms with Crippen LogP contribution in [0.15, 0.2) is 48.5 Å². The van der Waals surface area contributed by atoms with Crippen molar-refractivity contribution in [2.75, 3.05) is 19.6 Å². The summed E-state index contributed by atoms with van der Waals surface area (Å²) >= 11 is 6.71. The van der Waals surface area contributed by atoms with Gasteiger partial charge in [0.05, 0.1) is 18.3 Å². The van der Waals surface area contributed by atoms with E-state index in [1.165, 1.54) is 0 Å². The molecule has 8 heteroatoms. The van der Waals surface area contributed by atoms with Crippen molar-refractivity contribution < 1.29 is 9.53 Å². The summed E-state index contributed by atoms with van der Waals surface area (Å²) in [6.45, 7) is 8.38. The summed E-state index contributed by atoms with van der Waals surface area (Å²) in [5.41, 5.74) is 1.80. The molecule has 1 amide bonds. The van der Waals surface area contributed by atoms with E-state index in [9.17, 15) is 4.79 Å². The molecule has 5 rings (SSSR count). The number of aromatic nitrogens is 3. The second-order valence-corrected chi connectivity index (χ2v) is 8.60. The van der Waals surface area contributed by atoms with Gasteiger partial charge in [-0.15, -0.1) is 5.10 Å². The maximum Gasteiger partial charge on any atom is 0.293 e. The lowest BCUT2D eigenvalue weighted by molar-refractivity contribution is -0.0757. The molecule has 2 aliphatic rings. The van der Waals surface area contributed by atoms with E-state index in [-0.39, 0.29) is 17.8 Å². The lowest BCUT2D eigenvalue weighted by Crippen LogP contribution is -2.42. The summed E-state index contributed by atoms with van der Waals surface area (Å²) in [5.74, 6) is 0.771. The van der Waals surface area contributed by atoms with Gasteiger partial charge in [-0.3, -0.25) is 9.69 Å². The Bertz CT molecular complexity index is 1170. The largest absolute Gasteiger partial charge is 0.347 e. The predicted octanol–water partition coefficient (Wildman–Crippen LogP) is 3.84. The third-order valence-electron chi connectivity index (χ3n) is 6.28. The van der Waals surface area contributed by atoms with Crippen LogP contribution in [0.25, 0.3) is 5.69 Å². The first-order chi connectivity index (χ1) is 15.5. The average molecular weight is 452 g/mol. The highest BCUT2D eigenvalue weighted by atomic mass is 35.5. The van der Waals surface area contributed by atoms with Crippen LogP contribution in [0.2, 0.25) is 5.02 Å². The van der Waals surface area contributed by atoms with Crippen molar-refractivity contribution in [1.82, 2.24) is 24.6 Å². The molecular formula is C24H26ClN5O2. The van der Waals surface area contributed by atoms with Gasteiger partial charge in [-0.05, 0) is 32.9 Å². The van der Waals surface area contributed by atoms with Crippen LogP contribution in [-0.4, -0.2) is 56.2 Å². The van der Waals surface area contributed by atoms with Crippen LogP contribution in [0, 0.1) is 0 Å². The van der Waals surface area contributed by atoms with Gasteiger partial charge in [0, 0.05) is 35.8 Å². The molecule has 3 aromatic rings. The summed E-state index contributed by atoms with van der Waals surface area (Å²) < 4.78 is 8.46. The lowest BCUT2D eigenvalue weighted by Gasteiger charge is -2.37. The number of hydrogen-bond acceptors (Lipinski definition) is 5. The molecule has 0 aliphatic carbocycles. The second kappa shape index (κ2) is 7.99. The first kappa shape index (κ1) is 21.1. The van der Waals surface area contributed by atoms with Crippen molar-refractivity contribution >= 4 is 17.5 Å². The van der Waals surface area contributed by atoms with Crippen LogP contribution in [0.1, 0.15) is 48.3 Å². The number of hydrogen-bond donors (Lipinski definition) is 0. The maximum absolute atomic E-state index is 13.0. The molecule has 32 heavy (non-hydrogen) atoms. The van der Waals surface area contributed by atoms with Gasteiger partial charge >= 0.3 is 0 Å². The quantitative estimate of drug-likeness (QED) is 0.603. The molecule has 2 aliphatic heterocycles.